The Bertz CT molecular complexity index is 969. The summed E-state index contributed by atoms with van der Waals surface area (Å²) < 4.78 is 45.7. The molecule has 7 nitrogen and oxygen atoms in total. The molecule has 11 heteroatoms. The molecule has 0 aliphatic heterocycles. The lowest BCUT2D eigenvalue weighted by atomic mass is 10.2. The lowest BCUT2D eigenvalue weighted by Crippen LogP contribution is -2.44. The van der Waals surface area contributed by atoms with Crippen molar-refractivity contribution < 1.29 is 27.5 Å². The normalized spacial score (nSPS) is 12.7. The molecule has 0 saturated heterocycles. The topological polar surface area (TPSA) is 86.1 Å². The minimum atomic E-state index is -4.59. The van der Waals surface area contributed by atoms with E-state index in [2.05, 4.69) is 20.0 Å². The predicted octanol–water partition coefficient (Wildman–Crippen LogP) is 2.48. The molecule has 142 valence electrons. The van der Waals surface area contributed by atoms with Gasteiger partial charge in [0.15, 0.2) is 5.01 Å². The summed E-state index contributed by atoms with van der Waals surface area (Å²) in [5.74, 6) is -1.46. The van der Waals surface area contributed by atoms with Crippen molar-refractivity contribution >= 4 is 33.4 Å². The van der Waals surface area contributed by atoms with Gasteiger partial charge in [-0.25, -0.2) is 14.8 Å². The van der Waals surface area contributed by atoms with Gasteiger partial charge in [-0.1, -0.05) is 6.07 Å². The van der Waals surface area contributed by atoms with E-state index in [0.717, 1.165) is 17.4 Å². The molecule has 1 aromatic carbocycles. The minimum Gasteiger partial charge on any atom is -0.467 e. The lowest BCUT2D eigenvalue weighted by Gasteiger charge is -2.16. The number of amides is 1. The molecule has 1 N–H and O–H groups in total. The first-order valence-electron chi connectivity index (χ1n) is 7.61. The number of methoxy groups -OCH3 is 1. The number of carbonyl (C=O) groups is 2. The van der Waals surface area contributed by atoms with Crippen molar-refractivity contribution in [3.63, 3.8) is 0 Å². The number of carbonyl (C=O) groups excluding carboxylic acids is 2. The molecular weight excluding hydrogens is 385 g/mol. The molecule has 0 aliphatic carbocycles. The van der Waals surface area contributed by atoms with E-state index in [4.69, 9.17) is 0 Å². The number of alkyl halides is 3. The molecule has 2 heterocycles. The molecule has 2 aromatic heterocycles. The Balaban J connectivity index is 1.87. The van der Waals surface area contributed by atoms with Gasteiger partial charge in [0.25, 0.3) is 5.91 Å². The van der Waals surface area contributed by atoms with Crippen LogP contribution in [0.15, 0.2) is 36.9 Å². The summed E-state index contributed by atoms with van der Waals surface area (Å²) in [5.41, 5.74) is -1.22. The highest BCUT2D eigenvalue weighted by Gasteiger charge is 2.34. The van der Waals surface area contributed by atoms with Crippen molar-refractivity contribution in [2.45, 2.75) is 18.8 Å². The molecule has 0 spiro atoms. The van der Waals surface area contributed by atoms with Gasteiger partial charge >= 0.3 is 12.1 Å². The van der Waals surface area contributed by atoms with Gasteiger partial charge < -0.3 is 14.6 Å². The number of esters is 1. The number of hydrogen-bond donors (Lipinski definition) is 1. The zero-order chi connectivity index (χ0) is 19.6. The highest BCUT2D eigenvalue weighted by molar-refractivity contribution is 7.20. The van der Waals surface area contributed by atoms with E-state index < -0.39 is 29.7 Å². The second kappa shape index (κ2) is 7.35. The van der Waals surface area contributed by atoms with Crippen LogP contribution in [0.25, 0.3) is 10.2 Å². The molecule has 0 bridgehead atoms. The first kappa shape index (κ1) is 18.8. The second-order valence-electron chi connectivity index (χ2n) is 5.48. The van der Waals surface area contributed by atoms with Crippen molar-refractivity contribution in [1.29, 1.82) is 0 Å². The summed E-state index contributed by atoms with van der Waals surface area (Å²) in [6, 6.07) is 2.55. The Hall–Kier alpha value is -2.95. The van der Waals surface area contributed by atoms with Gasteiger partial charge in [0.05, 0.1) is 35.8 Å². The summed E-state index contributed by atoms with van der Waals surface area (Å²) in [5, 5.41) is 2.27. The maximum atomic E-state index is 13.1. The molecule has 1 atom stereocenters. The van der Waals surface area contributed by atoms with Gasteiger partial charge in [0.2, 0.25) is 0 Å². The highest BCUT2D eigenvalue weighted by atomic mass is 32.1. The van der Waals surface area contributed by atoms with Crippen LogP contribution >= 0.6 is 11.3 Å². The summed E-state index contributed by atoms with van der Waals surface area (Å²) in [4.78, 5) is 32.1. The molecule has 3 aromatic rings. The standard InChI is InChI=1S/C16H13F3N4O3S/c1-26-15(25)10(7-23-6-5-20-8-23)21-13(24)14-22-12-9(16(17,18)19)3-2-4-11(12)27-14/h2-6,8,10H,7H2,1H3,(H,21,24). The third-order valence-electron chi connectivity index (χ3n) is 3.66. The molecule has 3 rings (SSSR count). The van der Waals surface area contributed by atoms with Crippen molar-refractivity contribution in [3.8, 4) is 0 Å². The fourth-order valence-electron chi connectivity index (χ4n) is 2.42. The lowest BCUT2D eigenvalue weighted by molar-refractivity contribution is -0.143. The van der Waals surface area contributed by atoms with Crippen LogP contribution in [0.2, 0.25) is 0 Å². The number of thiazole rings is 1. The maximum Gasteiger partial charge on any atom is 0.418 e. The number of aromatic nitrogens is 3. The number of nitrogens with one attached hydrogen (secondary N) is 1. The van der Waals surface area contributed by atoms with Crippen LogP contribution in [0.3, 0.4) is 0 Å². The fraction of sp³-hybridized carbons (Fsp3) is 0.250. The average Bonchev–Trinajstić information content (AvgIpc) is 3.28. The average molecular weight is 398 g/mol. The number of nitrogens with zero attached hydrogens (tertiary/aromatic N) is 3. The van der Waals surface area contributed by atoms with Crippen molar-refractivity contribution in [1.82, 2.24) is 19.9 Å². The number of para-hydroxylation sites is 1. The van der Waals surface area contributed by atoms with Crippen LogP contribution in [-0.4, -0.2) is 39.6 Å². The number of imidazole rings is 1. The molecular formula is C16H13F3N4O3S. The van der Waals surface area contributed by atoms with Gasteiger partial charge in [-0.3, -0.25) is 4.79 Å². The van der Waals surface area contributed by atoms with Gasteiger partial charge in [0.1, 0.15) is 6.04 Å². The number of halogens is 3. The van der Waals surface area contributed by atoms with Crippen LogP contribution < -0.4 is 5.32 Å². The summed E-state index contributed by atoms with van der Waals surface area (Å²) >= 11 is 0.811. The maximum absolute atomic E-state index is 13.1. The molecule has 1 unspecified atom stereocenters. The van der Waals surface area contributed by atoms with Crippen molar-refractivity contribution in [3.05, 3.63) is 47.5 Å². The molecule has 0 fully saturated rings. The number of benzene rings is 1. The van der Waals surface area contributed by atoms with E-state index in [9.17, 15) is 22.8 Å². The Morgan fingerprint density at radius 3 is 2.78 bits per heavy atom. The van der Waals surface area contributed by atoms with E-state index in [-0.39, 0.29) is 21.8 Å². The Morgan fingerprint density at radius 1 is 1.37 bits per heavy atom. The van der Waals surface area contributed by atoms with E-state index in [1.165, 1.54) is 31.8 Å². The van der Waals surface area contributed by atoms with Gasteiger partial charge in [-0.2, -0.15) is 13.2 Å². The zero-order valence-corrected chi connectivity index (χ0v) is 14.7. The Labute approximate surface area is 154 Å². The quantitative estimate of drug-likeness (QED) is 0.668. The Morgan fingerprint density at radius 2 is 2.15 bits per heavy atom. The monoisotopic (exact) mass is 398 g/mol. The van der Waals surface area contributed by atoms with E-state index in [1.54, 1.807) is 10.8 Å². The fourth-order valence-corrected chi connectivity index (χ4v) is 3.32. The molecule has 1 amide bonds. The van der Waals surface area contributed by atoms with E-state index in [1.807, 2.05) is 0 Å². The first-order valence-corrected chi connectivity index (χ1v) is 8.42. The van der Waals surface area contributed by atoms with Gasteiger partial charge in [0, 0.05) is 12.4 Å². The smallest absolute Gasteiger partial charge is 0.418 e. The van der Waals surface area contributed by atoms with E-state index in [0.29, 0.717) is 0 Å². The first-order chi connectivity index (χ1) is 12.8. The SMILES string of the molecule is COC(=O)C(Cn1ccnc1)NC(=O)c1nc2c(C(F)(F)F)cccc2s1. The highest BCUT2D eigenvalue weighted by Crippen LogP contribution is 2.36. The second-order valence-corrected chi connectivity index (χ2v) is 6.51. The minimum absolute atomic E-state index is 0.0527. The predicted molar refractivity (Wildman–Crippen MR) is 90.1 cm³/mol. The summed E-state index contributed by atoms with van der Waals surface area (Å²) in [7, 11) is 1.17. The molecule has 0 saturated carbocycles. The summed E-state index contributed by atoms with van der Waals surface area (Å²) in [6.07, 6.45) is -0.0372. The number of hydrogen-bond acceptors (Lipinski definition) is 6. The third-order valence-corrected chi connectivity index (χ3v) is 4.68. The van der Waals surface area contributed by atoms with Crippen LogP contribution in [0, 0.1) is 0 Å². The van der Waals surface area contributed by atoms with Crippen molar-refractivity contribution in [2.75, 3.05) is 7.11 Å². The van der Waals surface area contributed by atoms with Gasteiger partial charge in [-0.15, -0.1) is 11.3 Å². The molecule has 0 radical (unpaired) electrons. The molecule has 27 heavy (non-hydrogen) atoms. The number of rotatable bonds is 5. The van der Waals surface area contributed by atoms with Crippen molar-refractivity contribution in [2.24, 2.45) is 0 Å². The third kappa shape index (κ3) is 4.08. The van der Waals surface area contributed by atoms with Gasteiger partial charge in [-0.05, 0) is 12.1 Å². The van der Waals surface area contributed by atoms with Crippen LogP contribution in [0.1, 0.15) is 15.4 Å². The Kier molecular flexibility index (Phi) is 5.13. The molecule has 0 aliphatic rings. The van der Waals surface area contributed by atoms with E-state index >= 15 is 0 Å². The zero-order valence-electron chi connectivity index (χ0n) is 13.9. The number of fused-ring (bicyclic) bond motifs is 1. The van der Waals surface area contributed by atoms with Crippen LogP contribution in [0.5, 0.6) is 0 Å². The number of ether oxygens (including phenoxy) is 1. The van der Waals surface area contributed by atoms with Crippen LogP contribution in [0.4, 0.5) is 13.2 Å². The van der Waals surface area contributed by atoms with Crippen LogP contribution in [-0.2, 0) is 22.3 Å². The largest absolute Gasteiger partial charge is 0.467 e. The summed E-state index contributed by atoms with van der Waals surface area (Å²) in [6.45, 7) is 0.0527.